The number of phenols is 2. The standard InChI is InChI=1S/C19H24O2/c1-11-7-9-15(20)13(3)17(11)19(5,6)18-12(2)8-10-16(21)14(18)4/h7-10,20-21H,1-6H3. The Morgan fingerprint density at radius 2 is 1.00 bits per heavy atom. The Kier molecular flexibility index (Phi) is 3.75. The van der Waals surface area contributed by atoms with Gasteiger partial charge in [-0.3, -0.25) is 0 Å². The molecule has 0 heterocycles. The highest BCUT2D eigenvalue weighted by atomic mass is 16.3. The van der Waals surface area contributed by atoms with E-state index in [1.54, 1.807) is 12.1 Å². The van der Waals surface area contributed by atoms with E-state index in [0.717, 1.165) is 33.4 Å². The molecule has 0 aliphatic carbocycles. The predicted molar refractivity (Wildman–Crippen MR) is 87.3 cm³/mol. The molecule has 0 unspecified atom stereocenters. The van der Waals surface area contributed by atoms with E-state index >= 15 is 0 Å². The molecule has 0 amide bonds. The number of phenolic OH excluding ortho intramolecular Hbond substituents is 2. The summed E-state index contributed by atoms with van der Waals surface area (Å²) in [6.07, 6.45) is 0. The van der Waals surface area contributed by atoms with Gasteiger partial charge in [0.15, 0.2) is 0 Å². The van der Waals surface area contributed by atoms with Gasteiger partial charge < -0.3 is 10.2 Å². The Morgan fingerprint density at radius 1 is 0.667 bits per heavy atom. The SMILES string of the molecule is Cc1ccc(O)c(C)c1C(C)(C)c1c(C)ccc(O)c1C. The molecule has 2 heteroatoms. The molecule has 0 fully saturated rings. The lowest BCUT2D eigenvalue weighted by molar-refractivity contribution is 0.463. The summed E-state index contributed by atoms with van der Waals surface area (Å²) in [5.74, 6) is 0.637. The summed E-state index contributed by atoms with van der Waals surface area (Å²) in [4.78, 5) is 0. The van der Waals surface area contributed by atoms with Crippen LogP contribution in [0.15, 0.2) is 24.3 Å². The van der Waals surface area contributed by atoms with Crippen LogP contribution in [0.5, 0.6) is 11.5 Å². The molecule has 0 aromatic heterocycles. The average Bonchev–Trinajstić information content (AvgIpc) is 2.39. The summed E-state index contributed by atoms with van der Waals surface area (Å²) >= 11 is 0. The highest BCUT2D eigenvalue weighted by Gasteiger charge is 2.31. The van der Waals surface area contributed by atoms with Gasteiger partial charge in [-0.15, -0.1) is 0 Å². The monoisotopic (exact) mass is 284 g/mol. The van der Waals surface area contributed by atoms with Crippen LogP contribution in [-0.2, 0) is 5.41 Å². The van der Waals surface area contributed by atoms with E-state index in [0.29, 0.717) is 11.5 Å². The van der Waals surface area contributed by atoms with Crippen molar-refractivity contribution in [2.45, 2.75) is 47.0 Å². The summed E-state index contributed by atoms with van der Waals surface area (Å²) in [5, 5.41) is 20.2. The van der Waals surface area contributed by atoms with Crippen molar-refractivity contribution in [2.75, 3.05) is 0 Å². The number of hydrogen-bond donors (Lipinski definition) is 2. The topological polar surface area (TPSA) is 40.5 Å². The third kappa shape index (κ3) is 2.39. The lowest BCUT2D eigenvalue weighted by atomic mass is 9.71. The minimum atomic E-state index is -0.292. The molecule has 0 radical (unpaired) electrons. The summed E-state index contributed by atoms with van der Waals surface area (Å²) in [6, 6.07) is 7.39. The molecule has 0 aliphatic heterocycles. The van der Waals surface area contributed by atoms with E-state index in [9.17, 15) is 10.2 Å². The quantitative estimate of drug-likeness (QED) is 0.842. The van der Waals surface area contributed by atoms with Crippen molar-refractivity contribution in [2.24, 2.45) is 0 Å². The van der Waals surface area contributed by atoms with Crippen molar-refractivity contribution in [3.63, 3.8) is 0 Å². The second kappa shape index (κ2) is 5.10. The van der Waals surface area contributed by atoms with Crippen LogP contribution in [0.3, 0.4) is 0 Å². The molecule has 2 nitrogen and oxygen atoms in total. The summed E-state index contributed by atoms with van der Waals surface area (Å²) in [5.41, 5.74) is 6.07. The molecule has 0 bridgehead atoms. The number of aryl methyl sites for hydroxylation is 2. The molecule has 2 N–H and O–H groups in total. The smallest absolute Gasteiger partial charge is 0.118 e. The minimum Gasteiger partial charge on any atom is -0.508 e. The van der Waals surface area contributed by atoms with Gasteiger partial charge in [-0.05, 0) is 73.2 Å². The van der Waals surface area contributed by atoms with E-state index < -0.39 is 0 Å². The maximum atomic E-state index is 10.1. The molecule has 112 valence electrons. The molecule has 0 saturated heterocycles. The third-order valence-electron chi connectivity index (χ3n) is 4.54. The molecule has 0 atom stereocenters. The van der Waals surface area contributed by atoms with Crippen LogP contribution in [0.1, 0.15) is 47.2 Å². The molecule has 0 spiro atoms. The first-order chi connectivity index (χ1) is 9.67. The fraction of sp³-hybridized carbons (Fsp3) is 0.368. The lowest BCUT2D eigenvalue weighted by Gasteiger charge is -2.33. The molecular weight excluding hydrogens is 260 g/mol. The maximum absolute atomic E-state index is 10.1. The van der Waals surface area contributed by atoms with Crippen LogP contribution in [0.25, 0.3) is 0 Å². The van der Waals surface area contributed by atoms with E-state index in [4.69, 9.17) is 0 Å². The van der Waals surface area contributed by atoms with Crippen molar-refractivity contribution in [1.82, 2.24) is 0 Å². The Morgan fingerprint density at radius 3 is 1.33 bits per heavy atom. The highest BCUT2D eigenvalue weighted by molar-refractivity contribution is 5.56. The van der Waals surface area contributed by atoms with Crippen molar-refractivity contribution in [3.8, 4) is 11.5 Å². The van der Waals surface area contributed by atoms with Crippen LogP contribution in [0, 0.1) is 27.7 Å². The van der Waals surface area contributed by atoms with Gasteiger partial charge in [0.05, 0.1) is 0 Å². The van der Waals surface area contributed by atoms with Gasteiger partial charge in [0.25, 0.3) is 0 Å². The van der Waals surface area contributed by atoms with Crippen LogP contribution < -0.4 is 0 Å². The number of aromatic hydroxyl groups is 2. The van der Waals surface area contributed by atoms with Gasteiger partial charge >= 0.3 is 0 Å². The molecule has 0 aliphatic rings. The van der Waals surface area contributed by atoms with Crippen molar-refractivity contribution >= 4 is 0 Å². The molecular formula is C19H24O2. The van der Waals surface area contributed by atoms with Gasteiger partial charge in [-0.1, -0.05) is 26.0 Å². The number of benzene rings is 2. The first-order valence-electron chi connectivity index (χ1n) is 7.27. The van der Waals surface area contributed by atoms with Gasteiger partial charge in [-0.2, -0.15) is 0 Å². The summed E-state index contributed by atoms with van der Waals surface area (Å²) in [6.45, 7) is 12.3. The van der Waals surface area contributed by atoms with Crippen molar-refractivity contribution < 1.29 is 10.2 Å². The largest absolute Gasteiger partial charge is 0.508 e. The Labute approximate surface area is 127 Å². The number of rotatable bonds is 2. The van der Waals surface area contributed by atoms with Gasteiger partial charge in [0.1, 0.15) is 11.5 Å². The molecule has 0 saturated carbocycles. The third-order valence-corrected chi connectivity index (χ3v) is 4.54. The van der Waals surface area contributed by atoms with Crippen LogP contribution in [-0.4, -0.2) is 10.2 Å². The number of hydrogen-bond acceptors (Lipinski definition) is 2. The fourth-order valence-electron chi connectivity index (χ4n) is 3.72. The minimum absolute atomic E-state index is 0.292. The van der Waals surface area contributed by atoms with Crippen LogP contribution >= 0.6 is 0 Å². The van der Waals surface area contributed by atoms with Gasteiger partial charge in [0, 0.05) is 5.41 Å². The van der Waals surface area contributed by atoms with Gasteiger partial charge in [-0.25, -0.2) is 0 Å². The van der Waals surface area contributed by atoms with E-state index in [1.165, 1.54) is 0 Å². The molecule has 2 aromatic carbocycles. The zero-order chi connectivity index (χ0) is 15.9. The zero-order valence-electron chi connectivity index (χ0n) is 13.7. The fourth-order valence-corrected chi connectivity index (χ4v) is 3.72. The van der Waals surface area contributed by atoms with E-state index in [2.05, 4.69) is 27.7 Å². The molecule has 21 heavy (non-hydrogen) atoms. The predicted octanol–water partition coefficient (Wildman–Crippen LogP) is 4.66. The average molecular weight is 284 g/mol. The van der Waals surface area contributed by atoms with Crippen molar-refractivity contribution in [1.29, 1.82) is 0 Å². The summed E-state index contributed by atoms with van der Waals surface area (Å²) in [7, 11) is 0. The first-order valence-corrected chi connectivity index (χ1v) is 7.27. The Hall–Kier alpha value is -1.96. The van der Waals surface area contributed by atoms with E-state index in [-0.39, 0.29) is 5.41 Å². The second-order valence-corrected chi connectivity index (χ2v) is 6.43. The highest BCUT2D eigenvalue weighted by Crippen LogP contribution is 2.42. The van der Waals surface area contributed by atoms with Crippen LogP contribution in [0.2, 0.25) is 0 Å². The second-order valence-electron chi connectivity index (χ2n) is 6.43. The molecule has 2 aromatic rings. The maximum Gasteiger partial charge on any atom is 0.118 e. The van der Waals surface area contributed by atoms with Crippen molar-refractivity contribution in [3.05, 3.63) is 57.6 Å². The molecule has 2 rings (SSSR count). The Balaban J connectivity index is 2.80. The summed E-state index contributed by atoms with van der Waals surface area (Å²) < 4.78 is 0. The lowest BCUT2D eigenvalue weighted by Crippen LogP contribution is -2.24. The van der Waals surface area contributed by atoms with Crippen LogP contribution in [0.4, 0.5) is 0 Å². The normalized spacial score (nSPS) is 11.7. The first kappa shape index (κ1) is 15.4. The Bertz CT molecular complexity index is 638. The van der Waals surface area contributed by atoms with E-state index in [1.807, 2.05) is 26.0 Å². The van der Waals surface area contributed by atoms with Gasteiger partial charge in [0.2, 0.25) is 0 Å². The zero-order valence-corrected chi connectivity index (χ0v) is 13.7.